The summed E-state index contributed by atoms with van der Waals surface area (Å²) in [5, 5.41) is 1.08. The van der Waals surface area contributed by atoms with Crippen LogP contribution >= 0.6 is 0 Å². The quantitative estimate of drug-likeness (QED) is 0.536. The molecule has 0 nitrogen and oxygen atoms in total. The number of benzene rings is 1. The molecule has 1 aromatic carbocycles. The van der Waals surface area contributed by atoms with E-state index >= 15 is 0 Å². The maximum atomic E-state index is 2.56. The normalized spacial score (nSPS) is 8.00. The van der Waals surface area contributed by atoms with Gasteiger partial charge in [0.25, 0.3) is 0 Å². The summed E-state index contributed by atoms with van der Waals surface area (Å²) < 4.78 is 0. The summed E-state index contributed by atoms with van der Waals surface area (Å²) in [6.45, 7) is 0. The average molecular weight is 174 g/mol. The maximum absolute atomic E-state index is 2.56. The van der Waals surface area contributed by atoms with Gasteiger partial charge in [-0.3, -0.25) is 0 Å². The Labute approximate surface area is 69.7 Å². The fraction of sp³-hybridized carbons (Fsp3) is 0.143. The van der Waals surface area contributed by atoms with Crippen LogP contribution in [0.5, 0.6) is 0 Å². The molecule has 0 aliphatic heterocycles. The molecular formula is C7H11SiV. The van der Waals surface area contributed by atoms with Crippen molar-refractivity contribution in [1.82, 2.24) is 0 Å². The van der Waals surface area contributed by atoms with Gasteiger partial charge in [0.15, 0.2) is 0 Å². The summed E-state index contributed by atoms with van der Waals surface area (Å²) in [4.78, 5) is 0. The molecule has 9 heavy (non-hydrogen) atoms. The van der Waals surface area contributed by atoms with Crippen molar-refractivity contribution in [3.63, 3.8) is 0 Å². The Morgan fingerprint density at radius 2 is 1.67 bits per heavy atom. The third-order valence-corrected chi connectivity index (χ3v) is 1.60. The Bertz CT molecular complexity index is 150. The molecule has 1 aromatic rings. The van der Waals surface area contributed by atoms with Crippen LogP contribution in [0.15, 0.2) is 30.3 Å². The van der Waals surface area contributed by atoms with Crippen molar-refractivity contribution >= 4 is 11.0 Å². The van der Waals surface area contributed by atoms with Crippen LogP contribution in [0.3, 0.4) is 0 Å². The molecule has 2 heteroatoms. The van der Waals surface area contributed by atoms with Crippen molar-refractivity contribution in [2.45, 2.75) is 5.13 Å². The van der Waals surface area contributed by atoms with Gasteiger partial charge in [-0.2, -0.15) is 0 Å². The number of rotatable bonds is 1. The first kappa shape index (κ1) is 9.02. The molecule has 0 saturated carbocycles. The molecule has 0 aromatic heterocycles. The van der Waals surface area contributed by atoms with Crippen molar-refractivity contribution < 1.29 is 17.4 Å². The average Bonchev–Trinajstić information content (AvgIpc) is 1.90. The molecule has 0 radical (unpaired) electrons. The molecule has 0 unspecified atom stereocenters. The second-order valence-corrected chi connectivity index (χ2v) is 2.14. The topological polar surface area (TPSA) is 0 Å². The van der Waals surface area contributed by atoms with Crippen LogP contribution in [0.4, 0.5) is 0 Å². The Morgan fingerprint density at radius 3 is 2.00 bits per heavy atom. The molecule has 1 rings (SSSR count). The summed E-state index contributed by atoms with van der Waals surface area (Å²) in [6, 6.07) is 10.4. The third kappa shape index (κ3) is 2.90. The van der Waals surface area contributed by atoms with Gasteiger partial charge < -0.3 is 0 Å². The Kier molecular flexibility index (Phi) is 4.87. The van der Waals surface area contributed by atoms with Crippen LogP contribution in [0, 0.1) is 0 Å². The summed E-state index contributed by atoms with van der Waals surface area (Å²) >= 11 is 2.56. The minimum atomic E-state index is 0. The van der Waals surface area contributed by atoms with Crippen molar-refractivity contribution in [1.29, 1.82) is 0 Å². The minimum absolute atomic E-state index is 0. The van der Waals surface area contributed by atoms with Crippen molar-refractivity contribution in [3.8, 4) is 0 Å². The van der Waals surface area contributed by atoms with Gasteiger partial charge >= 0.3 is 58.5 Å². The van der Waals surface area contributed by atoms with Crippen LogP contribution in [-0.4, -0.2) is 11.0 Å². The van der Waals surface area contributed by atoms with E-state index in [1.54, 1.807) is 0 Å². The van der Waals surface area contributed by atoms with Gasteiger partial charge in [-0.25, -0.2) is 0 Å². The van der Waals surface area contributed by atoms with Gasteiger partial charge in [-0.15, -0.1) is 0 Å². The SMILES string of the molecule is [SiH4].[V][CH2]c1ccccc1. The predicted molar refractivity (Wildman–Crippen MR) is 41.5 cm³/mol. The van der Waals surface area contributed by atoms with E-state index in [9.17, 15) is 0 Å². The zero-order chi connectivity index (χ0) is 5.82. The van der Waals surface area contributed by atoms with Crippen LogP contribution in [0.1, 0.15) is 5.56 Å². The first-order valence-corrected chi connectivity index (χ1v) is 3.57. The molecule has 0 fully saturated rings. The number of hydrogen-bond acceptors (Lipinski definition) is 0. The van der Waals surface area contributed by atoms with Crippen LogP contribution in [-0.2, 0) is 22.6 Å². The summed E-state index contributed by atoms with van der Waals surface area (Å²) in [5.74, 6) is 0. The van der Waals surface area contributed by atoms with Gasteiger partial charge in [0, 0.05) is 0 Å². The van der Waals surface area contributed by atoms with Gasteiger partial charge in [0.1, 0.15) is 0 Å². The van der Waals surface area contributed by atoms with Gasteiger partial charge in [0.05, 0.1) is 0 Å². The molecule has 0 aliphatic rings. The van der Waals surface area contributed by atoms with E-state index in [0.29, 0.717) is 0 Å². The fourth-order valence-corrected chi connectivity index (χ4v) is 0.913. The van der Waals surface area contributed by atoms with E-state index in [4.69, 9.17) is 0 Å². The molecule has 0 N–H and O–H groups in total. The van der Waals surface area contributed by atoms with Crippen LogP contribution < -0.4 is 0 Å². The molecule has 0 amide bonds. The van der Waals surface area contributed by atoms with E-state index in [1.165, 1.54) is 5.56 Å². The first-order valence-electron chi connectivity index (χ1n) is 2.58. The van der Waals surface area contributed by atoms with Crippen molar-refractivity contribution in [2.24, 2.45) is 0 Å². The molecular weight excluding hydrogens is 163 g/mol. The van der Waals surface area contributed by atoms with Crippen molar-refractivity contribution in [3.05, 3.63) is 35.9 Å². The van der Waals surface area contributed by atoms with Crippen LogP contribution in [0.2, 0.25) is 0 Å². The monoisotopic (exact) mass is 174 g/mol. The second kappa shape index (κ2) is 4.86. The second-order valence-electron chi connectivity index (χ2n) is 1.64. The van der Waals surface area contributed by atoms with E-state index in [1.807, 2.05) is 6.07 Å². The summed E-state index contributed by atoms with van der Waals surface area (Å²) in [5.41, 5.74) is 1.38. The fourth-order valence-electron chi connectivity index (χ4n) is 0.583. The first-order chi connectivity index (χ1) is 3.93. The molecule has 0 atom stereocenters. The Balaban J connectivity index is 0.000000640. The van der Waals surface area contributed by atoms with Crippen molar-refractivity contribution in [2.75, 3.05) is 0 Å². The van der Waals surface area contributed by atoms with E-state index in [2.05, 4.69) is 41.7 Å². The zero-order valence-corrected chi connectivity index (χ0v) is 5.94. The van der Waals surface area contributed by atoms with E-state index < -0.39 is 0 Å². The van der Waals surface area contributed by atoms with Crippen LogP contribution in [0.25, 0.3) is 0 Å². The predicted octanol–water partition coefficient (Wildman–Crippen LogP) is 0.282. The zero-order valence-electron chi connectivity index (χ0n) is 4.54. The summed E-state index contributed by atoms with van der Waals surface area (Å²) in [6.07, 6.45) is 0. The standard InChI is InChI=1S/C7H7.H4Si.V/c1-7-5-3-2-4-6-7;;/h2-6H,1H2;1H4;. The Morgan fingerprint density at radius 1 is 1.11 bits per heavy atom. The molecule has 0 aliphatic carbocycles. The molecule has 0 spiro atoms. The number of hydrogen-bond donors (Lipinski definition) is 0. The van der Waals surface area contributed by atoms with Gasteiger partial charge in [0.2, 0.25) is 0 Å². The summed E-state index contributed by atoms with van der Waals surface area (Å²) in [7, 11) is 0. The third-order valence-electron chi connectivity index (χ3n) is 1.03. The molecule has 0 saturated heterocycles. The van der Waals surface area contributed by atoms with E-state index in [-0.39, 0.29) is 11.0 Å². The Hall–Kier alpha value is 0.0213. The van der Waals surface area contributed by atoms with Gasteiger partial charge in [-0.05, 0) is 11.0 Å². The van der Waals surface area contributed by atoms with Gasteiger partial charge in [-0.1, -0.05) is 0 Å². The molecule has 0 bridgehead atoms. The molecule has 48 valence electrons. The van der Waals surface area contributed by atoms with E-state index in [0.717, 1.165) is 5.13 Å². The molecule has 0 heterocycles.